The van der Waals surface area contributed by atoms with E-state index in [1.165, 1.54) is 18.2 Å². The molecule has 0 atom stereocenters. The summed E-state index contributed by atoms with van der Waals surface area (Å²) in [5, 5.41) is 6.29. The molecule has 2 N–H and O–H groups in total. The van der Waals surface area contributed by atoms with Crippen LogP contribution in [-0.4, -0.2) is 35.3 Å². The maximum absolute atomic E-state index is 13.4. The number of hydrogen-bond acceptors (Lipinski definition) is 3. The van der Waals surface area contributed by atoms with Crippen LogP contribution in [0.4, 0.5) is 19.3 Å². The summed E-state index contributed by atoms with van der Waals surface area (Å²) < 4.78 is 26.8. The van der Waals surface area contributed by atoms with Crippen LogP contribution in [-0.2, 0) is 6.54 Å². The van der Waals surface area contributed by atoms with E-state index in [2.05, 4.69) is 10.6 Å². The lowest BCUT2D eigenvalue weighted by Crippen LogP contribution is -2.55. The van der Waals surface area contributed by atoms with Gasteiger partial charge in [0.05, 0.1) is 0 Å². The zero-order valence-electron chi connectivity index (χ0n) is 16.2. The Morgan fingerprint density at radius 1 is 1.17 bits per heavy atom. The van der Waals surface area contributed by atoms with Crippen LogP contribution in [0.1, 0.15) is 40.7 Å². The van der Waals surface area contributed by atoms with E-state index in [1.54, 1.807) is 30.0 Å². The van der Waals surface area contributed by atoms with Gasteiger partial charge in [-0.1, -0.05) is 12.1 Å². The number of carbonyl (C=O) groups is 2. The molecule has 29 heavy (non-hydrogen) atoms. The Hall–Kier alpha value is -2.96. The highest BCUT2D eigenvalue weighted by Crippen LogP contribution is 2.37. The number of fused-ring (bicyclic) bond motifs is 1. The summed E-state index contributed by atoms with van der Waals surface area (Å²) in [5.41, 5.74) is 2.05. The molecule has 1 saturated heterocycles. The van der Waals surface area contributed by atoms with Gasteiger partial charge in [0.2, 0.25) is 0 Å². The molecule has 7 heteroatoms. The Labute approximate surface area is 168 Å². The summed E-state index contributed by atoms with van der Waals surface area (Å²) in [6.45, 7) is 3.06. The number of amides is 2. The van der Waals surface area contributed by atoms with Gasteiger partial charge in [-0.25, -0.2) is 13.6 Å². The summed E-state index contributed by atoms with van der Waals surface area (Å²) in [6, 6.07) is 8.83. The van der Waals surface area contributed by atoms with Crippen LogP contribution in [0.2, 0.25) is 0 Å². The Kier molecular flexibility index (Phi) is 4.98. The van der Waals surface area contributed by atoms with Gasteiger partial charge in [-0.2, -0.15) is 0 Å². The van der Waals surface area contributed by atoms with Crippen LogP contribution in [0.25, 0.3) is 0 Å². The summed E-state index contributed by atoms with van der Waals surface area (Å²) in [6.07, 6.45) is 1.57. The normalized spacial score (nSPS) is 17.6. The van der Waals surface area contributed by atoms with Gasteiger partial charge in [-0.15, -0.1) is 0 Å². The number of aryl methyl sites for hydroxylation is 1. The molecule has 2 aromatic carbocycles. The number of nitrogens with zero attached hydrogens (tertiary/aromatic N) is 1. The number of ketones is 1. The van der Waals surface area contributed by atoms with E-state index >= 15 is 0 Å². The Morgan fingerprint density at radius 3 is 2.66 bits per heavy atom. The maximum Gasteiger partial charge on any atom is 0.317 e. The second-order valence-corrected chi connectivity index (χ2v) is 7.92. The lowest BCUT2D eigenvalue weighted by Gasteiger charge is -2.45. The van der Waals surface area contributed by atoms with Crippen molar-refractivity contribution in [2.24, 2.45) is 0 Å². The molecule has 0 unspecified atom stereocenters. The number of Topliss-reactive ketones (excluding diaryl/α,β-unsaturated/α-hetero) is 1. The van der Waals surface area contributed by atoms with Gasteiger partial charge in [0.25, 0.3) is 0 Å². The van der Waals surface area contributed by atoms with Crippen LogP contribution in [0.3, 0.4) is 0 Å². The molecule has 2 aliphatic rings. The van der Waals surface area contributed by atoms with Crippen molar-refractivity contribution in [1.29, 1.82) is 0 Å². The predicted molar refractivity (Wildman–Crippen MR) is 106 cm³/mol. The van der Waals surface area contributed by atoms with Crippen LogP contribution in [0.5, 0.6) is 0 Å². The summed E-state index contributed by atoms with van der Waals surface area (Å²) >= 11 is 0. The molecule has 1 fully saturated rings. The molecular formula is C22H23F2N3O2. The molecule has 0 radical (unpaired) electrons. The Morgan fingerprint density at radius 2 is 1.93 bits per heavy atom. The maximum atomic E-state index is 13.4. The number of likely N-dealkylation sites (tertiary alicyclic amines) is 1. The molecule has 0 saturated carbocycles. The van der Waals surface area contributed by atoms with Crippen molar-refractivity contribution < 1.29 is 18.4 Å². The van der Waals surface area contributed by atoms with Gasteiger partial charge in [0.1, 0.15) is 11.6 Å². The Balaban J connectivity index is 1.35. The quantitative estimate of drug-likeness (QED) is 0.802. The fourth-order valence-corrected chi connectivity index (χ4v) is 4.13. The summed E-state index contributed by atoms with van der Waals surface area (Å²) in [7, 11) is 0. The van der Waals surface area contributed by atoms with E-state index in [4.69, 9.17) is 0 Å². The third-order valence-corrected chi connectivity index (χ3v) is 5.85. The number of carbonyl (C=O) groups excluding carboxylic acids is 2. The van der Waals surface area contributed by atoms with Crippen molar-refractivity contribution in [3.05, 3.63) is 64.7 Å². The molecule has 2 heterocycles. The molecule has 5 nitrogen and oxygen atoms in total. The van der Waals surface area contributed by atoms with Crippen molar-refractivity contribution in [3.8, 4) is 0 Å². The lowest BCUT2D eigenvalue weighted by molar-refractivity contribution is 0.0915. The fourth-order valence-electron chi connectivity index (χ4n) is 4.13. The van der Waals surface area contributed by atoms with E-state index in [0.717, 1.165) is 5.56 Å². The molecule has 2 aliphatic heterocycles. The number of rotatable bonds is 2. The number of nitrogens with one attached hydrogen (secondary N) is 2. The van der Waals surface area contributed by atoms with Gasteiger partial charge in [-0.05, 0) is 55.2 Å². The Bertz CT molecular complexity index is 969. The number of benzene rings is 2. The first kappa shape index (κ1) is 19.4. The molecule has 2 aromatic rings. The molecule has 0 bridgehead atoms. The first-order valence-corrected chi connectivity index (χ1v) is 9.74. The fraction of sp³-hybridized carbons (Fsp3) is 0.364. The highest BCUT2D eigenvalue weighted by Gasteiger charge is 2.41. The average Bonchev–Trinajstić information content (AvgIpc) is 2.70. The average molecular weight is 399 g/mol. The van der Waals surface area contributed by atoms with Crippen LogP contribution < -0.4 is 10.6 Å². The molecule has 0 aromatic heterocycles. The van der Waals surface area contributed by atoms with Crippen molar-refractivity contribution in [2.45, 2.75) is 38.3 Å². The number of piperidine rings is 1. The van der Waals surface area contributed by atoms with Crippen LogP contribution in [0, 0.1) is 18.6 Å². The van der Waals surface area contributed by atoms with Crippen molar-refractivity contribution >= 4 is 17.5 Å². The monoisotopic (exact) mass is 399 g/mol. The van der Waals surface area contributed by atoms with Crippen molar-refractivity contribution in [1.82, 2.24) is 10.2 Å². The lowest BCUT2D eigenvalue weighted by atomic mass is 9.78. The summed E-state index contributed by atoms with van der Waals surface area (Å²) in [4.78, 5) is 26.7. The van der Waals surface area contributed by atoms with Gasteiger partial charge in [0, 0.05) is 42.8 Å². The van der Waals surface area contributed by atoms with Gasteiger partial charge < -0.3 is 15.5 Å². The molecule has 2 amide bonds. The van der Waals surface area contributed by atoms with Crippen LogP contribution >= 0.6 is 0 Å². The molecule has 1 spiro atoms. The molecular weight excluding hydrogens is 376 g/mol. The SMILES string of the molecule is Cc1cc(CNC(=O)N2CCC3(CC2)CC(=O)c2cc(F)ccc2N3)ccc1F. The van der Waals surface area contributed by atoms with E-state index in [9.17, 15) is 18.4 Å². The number of halogens is 2. The van der Waals surface area contributed by atoms with E-state index in [-0.39, 0.29) is 17.6 Å². The minimum Gasteiger partial charge on any atom is -0.378 e. The van der Waals surface area contributed by atoms with Gasteiger partial charge >= 0.3 is 6.03 Å². The number of anilines is 1. The third-order valence-electron chi connectivity index (χ3n) is 5.85. The first-order chi connectivity index (χ1) is 13.8. The third kappa shape index (κ3) is 3.95. The number of hydrogen-bond donors (Lipinski definition) is 2. The van der Waals surface area contributed by atoms with E-state index < -0.39 is 11.4 Å². The topological polar surface area (TPSA) is 61.4 Å². The molecule has 0 aliphatic carbocycles. The minimum absolute atomic E-state index is 0.0668. The minimum atomic E-state index is -0.419. The van der Waals surface area contributed by atoms with Gasteiger partial charge in [-0.3, -0.25) is 4.79 Å². The standard InChI is InChI=1S/C22H23F2N3O2/c1-14-10-15(2-4-18(14)24)13-25-21(29)27-8-6-22(7-9-27)12-20(28)17-11-16(23)3-5-19(17)26-22/h2-5,10-11,26H,6-9,12-13H2,1H3,(H,25,29). The molecule has 4 rings (SSSR count). The van der Waals surface area contributed by atoms with E-state index in [0.29, 0.717) is 55.7 Å². The second-order valence-electron chi connectivity index (χ2n) is 7.92. The molecule has 152 valence electrons. The van der Waals surface area contributed by atoms with E-state index in [1.807, 2.05) is 0 Å². The smallest absolute Gasteiger partial charge is 0.317 e. The van der Waals surface area contributed by atoms with Crippen molar-refractivity contribution in [2.75, 3.05) is 18.4 Å². The van der Waals surface area contributed by atoms with Crippen LogP contribution in [0.15, 0.2) is 36.4 Å². The van der Waals surface area contributed by atoms with Gasteiger partial charge in [0.15, 0.2) is 5.78 Å². The van der Waals surface area contributed by atoms with Crippen molar-refractivity contribution in [3.63, 3.8) is 0 Å². The highest BCUT2D eigenvalue weighted by atomic mass is 19.1. The number of urea groups is 1. The highest BCUT2D eigenvalue weighted by molar-refractivity contribution is 6.04. The first-order valence-electron chi connectivity index (χ1n) is 9.74. The zero-order chi connectivity index (χ0) is 20.6. The summed E-state index contributed by atoms with van der Waals surface area (Å²) in [5.74, 6) is -0.749. The second kappa shape index (κ2) is 7.46. The zero-order valence-corrected chi connectivity index (χ0v) is 16.2. The largest absolute Gasteiger partial charge is 0.378 e. The predicted octanol–water partition coefficient (Wildman–Crippen LogP) is 4.02.